The average molecular weight is 274 g/mol. The number of hydrogen-bond acceptors (Lipinski definition) is 4. The van der Waals surface area contributed by atoms with Gasteiger partial charge in [-0.3, -0.25) is 4.79 Å². The number of carbonyl (C=O) groups excluding carboxylic acids is 1. The Bertz CT molecular complexity index is 607. The number of rotatable bonds is 5. The summed E-state index contributed by atoms with van der Waals surface area (Å²) in [7, 11) is 0. The molecule has 1 aromatic heterocycles. The van der Waals surface area contributed by atoms with Crippen LogP contribution in [0, 0.1) is 0 Å². The zero-order chi connectivity index (χ0) is 14.5. The van der Waals surface area contributed by atoms with E-state index in [1.807, 2.05) is 6.07 Å². The highest BCUT2D eigenvalue weighted by atomic mass is 16.4. The van der Waals surface area contributed by atoms with Crippen molar-refractivity contribution in [1.29, 1.82) is 0 Å². The first-order chi connectivity index (χ1) is 9.58. The minimum Gasteiger partial charge on any atom is -0.475 e. The lowest BCUT2D eigenvalue weighted by Crippen LogP contribution is -2.33. The van der Waals surface area contributed by atoms with Crippen LogP contribution >= 0.6 is 0 Å². The molecule has 20 heavy (non-hydrogen) atoms. The van der Waals surface area contributed by atoms with Gasteiger partial charge in [0.15, 0.2) is 0 Å². The van der Waals surface area contributed by atoms with Gasteiger partial charge in [0.25, 0.3) is 0 Å². The molecule has 6 nitrogen and oxygen atoms in total. The second-order valence-electron chi connectivity index (χ2n) is 4.18. The van der Waals surface area contributed by atoms with Crippen molar-refractivity contribution in [3.8, 4) is 0 Å². The van der Waals surface area contributed by atoms with E-state index in [4.69, 9.17) is 15.3 Å². The summed E-state index contributed by atoms with van der Waals surface area (Å²) in [6, 6.07) is 11.0. The summed E-state index contributed by atoms with van der Waals surface area (Å²) >= 11 is 0. The first-order valence-electron chi connectivity index (χ1n) is 5.98. The van der Waals surface area contributed by atoms with Crippen LogP contribution in [0.5, 0.6) is 0 Å². The minimum absolute atomic E-state index is 0.0899. The Morgan fingerprint density at radius 1 is 1.20 bits per heavy atom. The molecule has 0 bridgehead atoms. The summed E-state index contributed by atoms with van der Waals surface area (Å²) < 4.78 is 5.03. The van der Waals surface area contributed by atoms with Crippen LogP contribution in [0.15, 0.2) is 46.9 Å². The molecule has 2 rings (SSSR count). The maximum atomic E-state index is 11.9. The Morgan fingerprint density at radius 2 is 1.90 bits per heavy atom. The van der Waals surface area contributed by atoms with Crippen molar-refractivity contribution in [2.45, 2.75) is 12.6 Å². The number of nitrogens with two attached hydrogens (primary N) is 1. The van der Waals surface area contributed by atoms with Gasteiger partial charge in [-0.2, -0.15) is 0 Å². The molecule has 104 valence electrons. The maximum Gasteiger partial charge on any atom is 0.371 e. The van der Waals surface area contributed by atoms with Crippen LogP contribution in [-0.2, 0) is 11.3 Å². The third-order valence-electron chi connectivity index (χ3n) is 2.75. The molecule has 6 heteroatoms. The van der Waals surface area contributed by atoms with E-state index in [2.05, 4.69) is 5.32 Å². The van der Waals surface area contributed by atoms with E-state index in [-0.39, 0.29) is 18.2 Å². The van der Waals surface area contributed by atoms with Crippen molar-refractivity contribution in [1.82, 2.24) is 5.32 Å². The van der Waals surface area contributed by atoms with Gasteiger partial charge < -0.3 is 20.6 Å². The molecule has 0 spiro atoms. The van der Waals surface area contributed by atoms with E-state index in [1.165, 1.54) is 12.1 Å². The van der Waals surface area contributed by atoms with E-state index in [9.17, 15) is 9.59 Å². The third-order valence-corrected chi connectivity index (χ3v) is 2.75. The molecule has 1 aromatic carbocycles. The fourth-order valence-corrected chi connectivity index (χ4v) is 1.68. The zero-order valence-electron chi connectivity index (χ0n) is 10.6. The predicted molar refractivity (Wildman–Crippen MR) is 70.9 cm³/mol. The molecular weight excluding hydrogens is 260 g/mol. The van der Waals surface area contributed by atoms with Crippen molar-refractivity contribution in [3.63, 3.8) is 0 Å². The summed E-state index contributed by atoms with van der Waals surface area (Å²) in [6.07, 6.45) is 0. The number of amides is 1. The van der Waals surface area contributed by atoms with Gasteiger partial charge >= 0.3 is 5.97 Å². The molecule has 1 amide bonds. The monoisotopic (exact) mass is 274 g/mol. The van der Waals surface area contributed by atoms with Gasteiger partial charge in [-0.15, -0.1) is 0 Å². The van der Waals surface area contributed by atoms with E-state index in [0.29, 0.717) is 11.3 Å². The Kier molecular flexibility index (Phi) is 4.17. The molecule has 4 N–H and O–H groups in total. The Balaban J connectivity index is 1.93. The van der Waals surface area contributed by atoms with Crippen molar-refractivity contribution >= 4 is 11.9 Å². The fourth-order valence-electron chi connectivity index (χ4n) is 1.68. The number of hydrogen-bond donors (Lipinski definition) is 3. The van der Waals surface area contributed by atoms with Crippen molar-refractivity contribution in [2.24, 2.45) is 5.73 Å². The number of aromatic carboxylic acids is 1. The van der Waals surface area contributed by atoms with Gasteiger partial charge in [0, 0.05) is 0 Å². The molecule has 0 unspecified atom stereocenters. The standard InChI is InChI=1S/C14H14N2O4/c15-12(9-4-2-1-3-5-9)13(17)16-8-10-6-7-11(20-10)14(18)19/h1-7,12H,8,15H2,(H,16,17)(H,18,19)/t12-/m0/s1. The normalized spacial score (nSPS) is 11.8. The van der Waals surface area contributed by atoms with E-state index in [0.717, 1.165) is 0 Å². The molecule has 2 aromatic rings. The van der Waals surface area contributed by atoms with E-state index in [1.54, 1.807) is 24.3 Å². The lowest BCUT2D eigenvalue weighted by atomic mass is 10.1. The Labute approximate surface area is 115 Å². The second kappa shape index (κ2) is 6.03. The molecular formula is C14H14N2O4. The van der Waals surface area contributed by atoms with Crippen molar-refractivity contribution in [3.05, 3.63) is 59.5 Å². The lowest BCUT2D eigenvalue weighted by Gasteiger charge is -2.11. The highest BCUT2D eigenvalue weighted by Crippen LogP contribution is 2.11. The number of carboxylic acids is 1. The van der Waals surface area contributed by atoms with Gasteiger partial charge in [-0.1, -0.05) is 30.3 Å². The van der Waals surface area contributed by atoms with Gasteiger partial charge in [-0.25, -0.2) is 4.79 Å². The molecule has 0 radical (unpaired) electrons. The quantitative estimate of drug-likeness (QED) is 0.762. The number of carboxylic acid groups (broad SMARTS) is 1. The fraction of sp³-hybridized carbons (Fsp3) is 0.143. The topological polar surface area (TPSA) is 106 Å². The van der Waals surface area contributed by atoms with Gasteiger partial charge in [-0.05, 0) is 17.7 Å². The summed E-state index contributed by atoms with van der Waals surface area (Å²) in [5, 5.41) is 11.3. The Morgan fingerprint density at radius 3 is 2.50 bits per heavy atom. The first-order valence-corrected chi connectivity index (χ1v) is 5.98. The maximum absolute atomic E-state index is 11.9. The van der Waals surface area contributed by atoms with Crippen molar-refractivity contribution < 1.29 is 19.1 Å². The van der Waals surface area contributed by atoms with Gasteiger partial charge in [0.05, 0.1) is 6.54 Å². The number of benzene rings is 1. The summed E-state index contributed by atoms with van der Waals surface area (Å²) in [5.41, 5.74) is 6.52. The largest absolute Gasteiger partial charge is 0.475 e. The average Bonchev–Trinajstić information content (AvgIpc) is 2.94. The second-order valence-corrected chi connectivity index (χ2v) is 4.18. The molecule has 1 atom stereocenters. The molecule has 0 saturated heterocycles. The highest BCUT2D eigenvalue weighted by molar-refractivity contribution is 5.84. The van der Waals surface area contributed by atoms with Crippen LogP contribution in [-0.4, -0.2) is 17.0 Å². The predicted octanol–water partition coefficient (Wildman–Crippen LogP) is 1.29. The number of carbonyl (C=O) groups is 2. The molecule has 0 aliphatic carbocycles. The van der Waals surface area contributed by atoms with Gasteiger partial charge in [0.1, 0.15) is 11.8 Å². The molecule has 0 fully saturated rings. The van der Waals surface area contributed by atoms with Crippen LogP contribution in [0.1, 0.15) is 27.9 Å². The van der Waals surface area contributed by atoms with Crippen LogP contribution in [0.2, 0.25) is 0 Å². The molecule has 0 aliphatic rings. The zero-order valence-corrected chi connectivity index (χ0v) is 10.6. The van der Waals surface area contributed by atoms with Gasteiger partial charge in [0.2, 0.25) is 11.7 Å². The smallest absolute Gasteiger partial charge is 0.371 e. The van der Waals surface area contributed by atoms with Crippen LogP contribution in [0.3, 0.4) is 0 Å². The van der Waals surface area contributed by atoms with Crippen LogP contribution < -0.4 is 11.1 Å². The SMILES string of the molecule is N[C@H](C(=O)NCc1ccc(C(=O)O)o1)c1ccccc1. The molecule has 1 heterocycles. The van der Waals surface area contributed by atoms with E-state index >= 15 is 0 Å². The number of furan rings is 1. The molecule has 0 saturated carbocycles. The minimum atomic E-state index is -1.15. The molecule has 0 aliphatic heterocycles. The summed E-state index contributed by atoms with van der Waals surface area (Å²) in [6.45, 7) is 0.0899. The first kappa shape index (κ1) is 13.8. The van der Waals surface area contributed by atoms with Crippen molar-refractivity contribution in [2.75, 3.05) is 0 Å². The number of nitrogens with one attached hydrogen (secondary N) is 1. The highest BCUT2D eigenvalue weighted by Gasteiger charge is 2.16. The summed E-state index contributed by atoms with van der Waals surface area (Å²) in [4.78, 5) is 22.5. The summed E-state index contributed by atoms with van der Waals surface area (Å²) in [5.74, 6) is -1.31. The van der Waals surface area contributed by atoms with E-state index < -0.39 is 12.0 Å². The van der Waals surface area contributed by atoms with Crippen LogP contribution in [0.4, 0.5) is 0 Å². The third kappa shape index (κ3) is 3.24. The van der Waals surface area contributed by atoms with Crippen LogP contribution in [0.25, 0.3) is 0 Å². The lowest BCUT2D eigenvalue weighted by molar-refractivity contribution is -0.122. The Hall–Kier alpha value is -2.60.